The second kappa shape index (κ2) is 3.55. The van der Waals surface area contributed by atoms with Crippen LogP contribution >= 0.6 is 11.3 Å². The van der Waals surface area contributed by atoms with E-state index in [1.54, 1.807) is 29.9 Å². The van der Waals surface area contributed by atoms with Crippen LogP contribution in [0.3, 0.4) is 0 Å². The second-order valence-electron chi connectivity index (χ2n) is 2.64. The first-order valence-corrected chi connectivity index (χ1v) is 4.79. The fourth-order valence-electron chi connectivity index (χ4n) is 1.19. The third-order valence-electron chi connectivity index (χ3n) is 1.80. The Morgan fingerprint density at radius 1 is 1.36 bits per heavy atom. The summed E-state index contributed by atoms with van der Waals surface area (Å²) in [5, 5.41) is 10.7. The second-order valence-corrected chi connectivity index (χ2v) is 3.53. The van der Waals surface area contributed by atoms with Crippen LogP contribution in [0.15, 0.2) is 36.0 Å². The summed E-state index contributed by atoms with van der Waals surface area (Å²) in [7, 11) is 0. The lowest BCUT2D eigenvalue weighted by Gasteiger charge is -1.97. The van der Waals surface area contributed by atoms with E-state index in [0.717, 1.165) is 4.88 Å². The van der Waals surface area contributed by atoms with Crippen LogP contribution in [0.5, 0.6) is 0 Å². The zero-order valence-corrected chi connectivity index (χ0v) is 7.90. The summed E-state index contributed by atoms with van der Waals surface area (Å²) < 4.78 is 0. The van der Waals surface area contributed by atoms with Gasteiger partial charge in [-0.15, -0.1) is 11.3 Å². The molecule has 0 saturated heterocycles. The number of hydrogen-bond acceptors (Lipinski definition) is 4. The summed E-state index contributed by atoms with van der Waals surface area (Å²) in [4.78, 5) is 15.0. The maximum atomic E-state index is 10.7. The molecular weight excluding hydrogens is 200 g/mol. The number of aromatic nitrogens is 1. The van der Waals surface area contributed by atoms with E-state index in [-0.39, 0.29) is 10.6 Å². The minimum atomic E-state index is -0.380. The standard InChI is InChI=1S/C9H6N2O2S/c12-11(13)8-4-2-1-3-7(8)9-5-10-6-14-9/h1-6H. The van der Waals surface area contributed by atoms with Gasteiger partial charge in [-0.2, -0.15) is 0 Å². The lowest BCUT2D eigenvalue weighted by atomic mass is 10.1. The van der Waals surface area contributed by atoms with E-state index in [1.807, 2.05) is 0 Å². The number of para-hydroxylation sites is 1. The minimum Gasteiger partial charge on any atom is -0.258 e. The minimum absolute atomic E-state index is 0.122. The molecule has 2 rings (SSSR count). The zero-order valence-electron chi connectivity index (χ0n) is 7.08. The molecule has 0 unspecified atom stereocenters. The molecule has 0 fully saturated rings. The topological polar surface area (TPSA) is 56.0 Å². The monoisotopic (exact) mass is 206 g/mol. The van der Waals surface area contributed by atoms with Gasteiger partial charge in [-0.3, -0.25) is 15.1 Å². The first-order chi connectivity index (χ1) is 6.79. The normalized spacial score (nSPS) is 10.0. The van der Waals surface area contributed by atoms with Crippen LogP contribution < -0.4 is 0 Å². The van der Waals surface area contributed by atoms with E-state index < -0.39 is 0 Å². The Morgan fingerprint density at radius 2 is 2.14 bits per heavy atom. The molecule has 0 saturated carbocycles. The fourth-order valence-corrected chi connectivity index (χ4v) is 1.85. The first-order valence-electron chi connectivity index (χ1n) is 3.91. The Hall–Kier alpha value is -1.75. The van der Waals surface area contributed by atoms with Gasteiger partial charge in [-0.25, -0.2) is 0 Å². The van der Waals surface area contributed by atoms with Crippen LogP contribution in [0.2, 0.25) is 0 Å². The molecule has 1 aromatic carbocycles. The Kier molecular flexibility index (Phi) is 2.24. The van der Waals surface area contributed by atoms with E-state index in [1.165, 1.54) is 17.4 Å². The number of rotatable bonds is 2. The summed E-state index contributed by atoms with van der Waals surface area (Å²) in [6, 6.07) is 6.66. The van der Waals surface area contributed by atoms with Gasteiger partial charge < -0.3 is 0 Å². The molecule has 0 N–H and O–H groups in total. The highest BCUT2D eigenvalue weighted by atomic mass is 32.1. The fraction of sp³-hybridized carbons (Fsp3) is 0. The smallest absolute Gasteiger partial charge is 0.258 e. The quantitative estimate of drug-likeness (QED) is 0.560. The van der Waals surface area contributed by atoms with Crippen LogP contribution in [-0.4, -0.2) is 9.91 Å². The van der Waals surface area contributed by atoms with Crippen LogP contribution in [0.25, 0.3) is 10.4 Å². The Bertz CT molecular complexity index is 454. The summed E-state index contributed by atoms with van der Waals surface area (Å²) in [5.74, 6) is 0. The molecular formula is C9H6N2O2S. The average molecular weight is 206 g/mol. The number of benzene rings is 1. The molecule has 0 atom stereocenters. The van der Waals surface area contributed by atoms with E-state index >= 15 is 0 Å². The molecule has 1 aromatic heterocycles. The summed E-state index contributed by atoms with van der Waals surface area (Å²) in [5.41, 5.74) is 2.41. The van der Waals surface area contributed by atoms with Gasteiger partial charge in [0, 0.05) is 12.3 Å². The van der Waals surface area contributed by atoms with Crippen molar-refractivity contribution in [3.05, 3.63) is 46.1 Å². The molecule has 1 heterocycles. The van der Waals surface area contributed by atoms with Crippen molar-refractivity contribution in [3.8, 4) is 10.4 Å². The van der Waals surface area contributed by atoms with Gasteiger partial charge in [0.2, 0.25) is 0 Å². The number of thiazole rings is 1. The summed E-state index contributed by atoms with van der Waals surface area (Å²) >= 11 is 1.39. The molecule has 0 radical (unpaired) electrons. The van der Waals surface area contributed by atoms with Crippen LogP contribution in [0, 0.1) is 10.1 Å². The van der Waals surface area contributed by atoms with Gasteiger partial charge in [0.15, 0.2) is 0 Å². The van der Waals surface area contributed by atoms with Crippen molar-refractivity contribution in [3.63, 3.8) is 0 Å². The Balaban J connectivity index is 2.58. The van der Waals surface area contributed by atoms with Crippen molar-refractivity contribution < 1.29 is 4.92 Å². The molecule has 2 aromatic rings. The van der Waals surface area contributed by atoms with Crippen LogP contribution in [-0.2, 0) is 0 Å². The first kappa shape index (κ1) is 8.83. The molecule has 0 aliphatic rings. The molecule has 0 aliphatic carbocycles. The highest BCUT2D eigenvalue weighted by Crippen LogP contribution is 2.31. The highest BCUT2D eigenvalue weighted by Gasteiger charge is 2.14. The predicted molar refractivity (Wildman–Crippen MR) is 54.2 cm³/mol. The maximum Gasteiger partial charge on any atom is 0.278 e. The van der Waals surface area contributed by atoms with Crippen molar-refractivity contribution in [2.75, 3.05) is 0 Å². The van der Waals surface area contributed by atoms with Gasteiger partial charge in [-0.05, 0) is 6.07 Å². The van der Waals surface area contributed by atoms with E-state index in [9.17, 15) is 10.1 Å². The van der Waals surface area contributed by atoms with Gasteiger partial charge in [0.25, 0.3) is 5.69 Å². The molecule has 0 amide bonds. The van der Waals surface area contributed by atoms with Crippen molar-refractivity contribution in [2.24, 2.45) is 0 Å². The molecule has 70 valence electrons. The van der Waals surface area contributed by atoms with Gasteiger partial charge in [0.1, 0.15) is 0 Å². The molecule has 0 bridgehead atoms. The van der Waals surface area contributed by atoms with E-state index in [2.05, 4.69) is 4.98 Å². The Morgan fingerprint density at radius 3 is 2.79 bits per heavy atom. The van der Waals surface area contributed by atoms with E-state index in [4.69, 9.17) is 0 Å². The highest BCUT2D eigenvalue weighted by molar-refractivity contribution is 7.13. The molecule has 5 heteroatoms. The molecule has 0 spiro atoms. The SMILES string of the molecule is O=[N+]([O-])c1ccccc1-c1cncs1. The number of nitro benzene ring substituents is 1. The molecule has 0 aliphatic heterocycles. The molecule has 4 nitrogen and oxygen atoms in total. The van der Waals surface area contributed by atoms with Crippen LogP contribution in [0.4, 0.5) is 5.69 Å². The van der Waals surface area contributed by atoms with E-state index in [0.29, 0.717) is 5.56 Å². The largest absolute Gasteiger partial charge is 0.278 e. The lowest BCUT2D eigenvalue weighted by molar-refractivity contribution is -0.384. The average Bonchev–Trinajstić information content (AvgIpc) is 2.70. The number of nitrogens with zero attached hydrogens (tertiary/aromatic N) is 2. The van der Waals surface area contributed by atoms with Crippen molar-refractivity contribution in [1.29, 1.82) is 0 Å². The third kappa shape index (κ3) is 1.49. The van der Waals surface area contributed by atoms with Crippen LogP contribution in [0.1, 0.15) is 0 Å². The lowest BCUT2D eigenvalue weighted by Crippen LogP contribution is -1.89. The van der Waals surface area contributed by atoms with Gasteiger partial charge in [-0.1, -0.05) is 12.1 Å². The Labute approximate surface area is 84.0 Å². The van der Waals surface area contributed by atoms with Crippen molar-refractivity contribution in [2.45, 2.75) is 0 Å². The van der Waals surface area contributed by atoms with Gasteiger partial charge in [0.05, 0.1) is 20.9 Å². The van der Waals surface area contributed by atoms with Crippen molar-refractivity contribution >= 4 is 17.0 Å². The molecule has 14 heavy (non-hydrogen) atoms. The van der Waals surface area contributed by atoms with Crippen molar-refractivity contribution in [1.82, 2.24) is 4.98 Å². The third-order valence-corrected chi connectivity index (χ3v) is 2.60. The zero-order chi connectivity index (χ0) is 9.97. The predicted octanol–water partition coefficient (Wildman–Crippen LogP) is 2.72. The maximum absolute atomic E-state index is 10.7. The number of hydrogen-bond donors (Lipinski definition) is 0. The van der Waals surface area contributed by atoms with Gasteiger partial charge >= 0.3 is 0 Å². The summed E-state index contributed by atoms with van der Waals surface area (Å²) in [6.45, 7) is 0. The number of nitro groups is 1. The summed E-state index contributed by atoms with van der Waals surface area (Å²) in [6.07, 6.45) is 1.63.